The van der Waals surface area contributed by atoms with E-state index in [0.29, 0.717) is 24.9 Å². The smallest absolute Gasteiger partial charge is 0.282 e. The molecule has 5 nitrogen and oxygen atoms in total. The van der Waals surface area contributed by atoms with Crippen molar-refractivity contribution in [3.8, 4) is 0 Å². The molecule has 26 heavy (non-hydrogen) atoms. The molecule has 3 heterocycles. The normalized spacial score (nSPS) is 17.4. The van der Waals surface area contributed by atoms with Crippen molar-refractivity contribution in [1.82, 2.24) is 19.3 Å². The van der Waals surface area contributed by atoms with Crippen molar-refractivity contribution >= 4 is 11.6 Å². The second-order valence-corrected chi connectivity index (χ2v) is 6.13. The number of carbonyl (C=O) groups is 1. The molecule has 0 radical (unpaired) electrons. The van der Waals surface area contributed by atoms with E-state index in [9.17, 15) is 18.0 Å². The van der Waals surface area contributed by atoms with Gasteiger partial charge in [0.2, 0.25) is 0 Å². The van der Waals surface area contributed by atoms with Crippen molar-refractivity contribution in [3.63, 3.8) is 0 Å². The van der Waals surface area contributed by atoms with Crippen LogP contribution in [0.1, 0.15) is 47.1 Å². The summed E-state index contributed by atoms with van der Waals surface area (Å²) in [5.74, 6) is -0.988. The highest BCUT2D eigenvalue weighted by molar-refractivity contribution is 5.95. The molecule has 0 bridgehead atoms. The number of carbonyl (C=O) groups excluding carboxylic acids is 1. The molecular formula is C18H15F3N4O. The molecule has 1 fully saturated rings. The van der Waals surface area contributed by atoms with Crippen LogP contribution in [-0.2, 0) is 0 Å². The molecule has 1 amide bonds. The average molecular weight is 360 g/mol. The number of alkyl halides is 2. The highest BCUT2D eigenvalue weighted by Gasteiger charge is 2.36. The van der Waals surface area contributed by atoms with Gasteiger partial charge in [-0.15, -0.1) is 0 Å². The zero-order chi connectivity index (χ0) is 18.3. The first-order valence-corrected chi connectivity index (χ1v) is 8.23. The molecule has 134 valence electrons. The summed E-state index contributed by atoms with van der Waals surface area (Å²) in [4.78, 5) is 22.3. The van der Waals surface area contributed by atoms with Crippen LogP contribution in [0.5, 0.6) is 0 Å². The van der Waals surface area contributed by atoms with Gasteiger partial charge in [-0.1, -0.05) is 18.2 Å². The molecule has 1 saturated heterocycles. The lowest BCUT2D eigenvalue weighted by Crippen LogP contribution is -2.32. The molecule has 4 rings (SSSR count). The highest BCUT2D eigenvalue weighted by atomic mass is 19.3. The van der Waals surface area contributed by atoms with E-state index in [2.05, 4.69) is 9.97 Å². The number of amides is 1. The summed E-state index contributed by atoms with van der Waals surface area (Å²) in [5.41, 5.74) is -0.206. The van der Waals surface area contributed by atoms with Crippen LogP contribution in [-0.4, -0.2) is 31.7 Å². The van der Waals surface area contributed by atoms with E-state index in [1.807, 2.05) is 0 Å². The Bertz CT molecular complexity index is 972. The van der Waals surface area contributed by atoms with Crippen molar-refractivity contribution in [3.05, 3.63) is 65.6 Å². The molecule has 8 heteroatoms. The van der Waals surface area contributed by atoms with Gasteiger partial charge < -0.3 is 4.90 Å². The largest absolute Gasteiger partial charge is 0.330 e. The predicted octanol–water partition coefficient (Wildman–Crippen LogP) is 3.78. The number of hydrogen-bond acceptors (Lipinski definition) is 3. The molecule has 1 aliphatic rings. The SMILES string of the molecule is O=C(c1c(C(F)F)nc2cnccn12)N1CCCC1c1ccccc1F. The monoisotopic (exact) mass is 360 g/mol. The molecule has 1 aliphatic heterocycles. The van der Waals surface area contributed by atoms with Gasteiger partial charge in [0.05, 0.1) is 12.2 Å². The number of likely N-dealkylation sites (tertiary alicyclic amines) is 1. The summed E-state index contributed by atoms with van der Waals surface area (Å²) in [7, 11) is 0. The molecule has 1 unspecified atom stereocenters. The van der Waals surface area contributed by atoms with E-state index in [-0.39, 0.29) is 11.3 Å². The van der Waals surface area contributed by atoms with Gasteiger partial charge in [-0.3, -0.25) is 14.2 Å². The maximum absolute atomic E-state index is 14.2. The molecule has 0 N–H and O–H groups in total. The van der Waals surface area contributed by atoms with Crippen LogP contribution >= 0.6 is 0 Å². The van der Waals surface area contributed by atoms with Crippen LogP contribution < -0.4 is 0 Å². The Kier molecular flexibility index (Phi) is 4.10. The number of nitrogens with zero attached hydrogens (tertiary/aromatic N) is 4. The van der Waals surface area contributed by atoms with Crippen molar-refractivity contribution < 1.29 is 18.0 Å². The fraction of sp³-hybridized carbons (Fsp3) is 0.278. The number of rotatable bonds is 3. The summed E-state index contributed by atoms with van der Waals surface area (Å²) in [5, 5.41) is 0. The second-order valence-electron chi connectivity index (χ2n) is 6.13. The first kappa shape index (κ1) is 16.6. The summed E-state index contributed by atoms with van der Waals surface area (Å²) in [6.07, 6.45) is 2.50. The Morgan fingerprint density at radius 2 is 2.08 bits per heavy atom. The lowest BCUT2D eigenvalue weighted by atomic mass is 10.0. The number of halogens is 3. The molecule has 3 aromatic rings. The minimum absolute atomic E-state index is 0.174. The fourth-order valence-electron chi connectivity index (χ4n) is 3.50. The Balaban J connectivity index is 1.79. The number of aromatic nitrogens is 3. The zero-order valence-electron chi connectivity index (χ0n) is 13.6. The topological polar surface area (TPSA) is 50.5 Å². The first-order valence-electron chi connectivity index (χ1n) is 8.23. The molecule has 2 aromatic heterocycles. The lowest BCUT2D eigenvalue weighted by Gasteiger charge is -2.25. The maximum Gasteiger partial charge on any atom is 0.282 e. The van der Waals surface area contributed by atoms with Crippen LogP contribution in [0.4, 0.5) is 13.2 Å². The Hall–Kier alpha value is -2.90. The number of benzene rings is 1. The van der Waals surface area contributed by atoms with Crippen LogP contribution in [0.3, 0.4) is 0 Å². The average Bonchev–Trinajstić information content (AvgIpc) is 3.26. The molecule has 1 atom stereocenters. The van der Waals surface area contributed by atoms with Crippen molar-refractivity contribution in [2.24, 2.45) is 0 Å². The maximum atomic E-state index is 14.2. The van der Waals surface area contributed by atoms with Gasteiger partial charge in [-0.25, -0.2) is 18.2 Å². The van der Waals surface area contributed by atoms with Gasteiger partial charge in [0.1, 0.15) is 17.2 Å². The molecule has 0 aliphatic carbocycles. The van der Waals surface area contributed by atoms with Crippen molar-refractivity contribution in [1.29, 1.82) is 0 Å². The number of imidazole rings is 1. The van der Waals surface area contributed by atoms with Crippen LogP contribution in [0, 0.1) is 5.82 Å². The van der Waals surface area contributed by atoms with Crippen LogP contribution in [0.15, 0.2) is 42.9 Å². The predicted molar refractivity (Wildman–Crippen MR) is 87.4 cm³/mol. The van der Waals surface area contributed by atoms with Gasteiger partial charge in [0.15, 0.2) is 5.65 Å². The third-order valence-corrected chi connectivity index (χ3v) is 4.64. The summed E-state index contributed by atoms with van der Waals surface area (Å²) >= 11 is 0. The summed E-state index contributed by atoms with van der Waals surface area (Å²) in [6, 6.07) is 5.75. The number of fused-ring (bicyclic) bond motifs is 1. The van der Waals surface area contributed by atoms with Gasteiger partial charge in [-0.05, 0) is 18.9 Å². The van der Waals surface area contributed by atoms with Gasteiger partial charge >= 0.3 is 0 Å². The second kappa shape index (κ2) is 6.44. The summed E-state index contributed by atoms with van der Waals surface area (Å²) < 4.78 is 42.5. The van der Waals surface area contributed by atoms with E-state index >= 15 is 0 Å². The Morgan fingerprint density at radius 1 is 1.27 bits per heavy atom. The molecule has 0 saturated carbocycles. The quantitative estimate of drug-likeness (QED) is 0.714. The number of hydrogen-bond donors (Lipinski definition) is 0. The van der Waals surface area contributed by atoms with E-state index in [0.717, 1.165) is 0 Å². The van der Waals surface area contributed by atoms with Gasteiger partial charge in [-0.2, -0.15) is 0 Å². The van der Waals surface area contributed by atoms with E-state index in [4.69, 9.17) is 0 Å². The highest BCUT2D eigenvalue weighted by Crippen LogP contribution is 2.35. The van der Waals surface area contributed by atoms with Crippen molar-refractivity contribution in [2.45, 2.75) is 25.3 Å². The molecule has 0 spiro atoms. The Morgan fingerprint density at radius 3 is 2.85 bits per heavy atom. The zero-order valence-corrected chi connectivity index (χ0v) is 13.6. The van der Waals surface area contributed by atoms with E-state index in [1.54, 1.807) is 18.2 Å². The van der Waals surface area contributed by atoms with Crippen LogP contribution in [0.25, 0.3) is 5.65 Å². The third-order valence-electron chi connectivity index (χ3n) is 4.64. The summed E-state index contributed by atoms with van der Waals surface area (Å²) in [6.45, 7) is 0.374. The van der Waals surface area contributed by atoms with Crippen LogP contribution in [0.2, 0.25) is 0 Å². The Labute approximate surface area is 147 Å². The minimum atomic E-state index is -2.90. The van der Waals surface area contributed by atoms with Gasteiger partial charge in [0.25, 0.3) is 12.3 Å². The molecular weight excluding hydrogens is 345 g/mol. The van der Waals surface area contributed by atoms with Gasteiger partial charge in [0, 0.05) is 24.5 Å². The first-order chi connectivity index (χ1) is 12.6. The lowest BCUT2D eigenvalue weighted by molar-refractivity contribution is 0.0713. The molecule has 1 aromatic carbocycles. The standard InChI is InChI=1S/C18H15F3N4O/c19-12-5-2-1-4-11(12)13-6-3-8-24(13)18(26)16-15(17(20)21)23-14-10-22-7-9-25(14)16/h1-2,4-5,7,9-10,13,17H,3,6,8H2. The third kappa shape index (κ3) is 2.61. The van der Waals surface area contributed by atoms with E-state index < -0.39 is 29.9 Å². The minimum Gasteiger partial charge on any atom is -0.330 e. The van der Waals surface area contributed by atoms with Crippen molar-refractivity contribution in [2.75, 3.05) is 6.54 Å². The fourth-order valence-corrected chi connectivity index (χ4v) is 3.50. The van der Waals surface area contributed by atoms with E-state index in [1.165, 1.54) is 34.0 Å².